The van der Waals surface area contributed by atoms with Crippen LogP contribution in [0.5, 0.6) is 0 Å². The highest BCUT2D eigenvalue weighted by Gasteiger charge is 2.16. The van der Waals surface area contributed by atoms with Crippen molar-refractivity contribution in [1.82, 2.24) is 0 Å². The maximum atomic E-state index is 10.6. The minimum absolute atomic E-state index is 0.167. The molecule has 1 aromatic rings. The van der Waals surface area contributed by atoms with Gasteiger partial charge in [0.1, 0.15) is 12.5 Å². The molecule has 5 heteroatoms. The van der Waals surface area contributed by atoms with E-state index < -0.39 is 18.4 Å². The molecule has 0 bridgehead atoms. The molecule has 0 radical (unpaired) electrons. The van der Waals surface area contributed by atoms with Gasteiger partial charge in [0.15, 0.2) is 0 Å². The van der Waals surface area contributed by atoms with Crippen LogP contribution in [0, 0.1) is 0 Å². The van der Waals surface area contributed by atoms with Crippen LogP contribution in [0.15, 0.2) is 24.3 Å². The van der Waals surface area contributed by atoms with Crippen molar-refractivity contribution < 1.29 is 20.1 Å². The van der Waals surface area contributed by atoms with Gasteiger partial charge in [0, 0.05) is 5.69 Å². The first-order chi connectivity index (χ1) is 7.43. The summed E-state index contributed by atoms with van der Waals surface area (Å²) in [5.41, 5.74) is 0.731. The van der Waals surface area contributed by atoms with Crippen molar-refractivity contribution >= 4 is 11.7 Å². The SMILES string of the molecule is CC(O)N(c1ccc(C(=O)O)cc1)C(C)O. The van der Waals surface area contributed by atoms with Gasteiger partial charge in [-0.05, 0) is 38.1 Å². The van der Waals surface area contributed by atoms with Crippen LogP contribution in [0.2, 0.25) is 0 Å². The average Bonchev–Trinajstić information content (AvgIpc) is 2.17. The van der Waals surface area contributed by atoms with E-state index in [2.05, 4.69) is 0 Å². The van der Waals surface area contributed by atoms with Crippen LogP contribution in [-0.4, -0.2) is 33.7 Å². The number of carboxylic acids is 1. The molecule has 0 aliphatic heterocycles. The quantitative estimate of drug-likeness (QED) is 0.662. The molecular formula is C11H15NO4. The third kappa shape index (κ3) is 2.71. The van der Waals surface area contributed by atoms with Crippen LogP contribution in [-0.2, 0) is 0 Å². The predicted molar refractivity (Wildman–Crippen MR) is 59.2 cm³/mol. The first-order valence-electron chi connectivity index (χ1n) is 4.91. The van der Waals surface area contributed by atoms with E-state index in [0.717, 1.165) is 0 Å². The first kappa shape index (κ1) is 12.5. The first-order valence-corrected chi connectivity index (χ1v) is 4.91. The fourth-order valence-corrected chi connectivity index (χ4v) is 1.52. The summed E-state index contributed by atoms with van der Waals surface area (Å²) in [7, 11) is 0. The minimum Gasteiger partial charge on any atom is -0.478 e. The van der Waals surface area contributed by atoms with E-state index in [0.29, 0.717) is 5.69 Å². The van der Waals surface area contributed by atoms with Gasteiger partial charge in [-0.15, -0.1) is 0 Å². The molecule has 16 heavy (non-hydrogen) atoms. The zero-order chi connectivity index (χ0) is 12.3. The second-order valence-electron chi connectivity index (χ2n) is 3.52. The number of hydrogen-bond donors (Lipinski definition) is 3. The second kappa shape index (κ2) is 4.96. The smallest absolute Gasteiger partial charge is 0.335 e. The molecule has 1 rings (SSSR count). The Morgan fingerprint density at radius 1 is 1.12 bits per heavy atom. The fraction of sp³-hybridized carbons (Fsp3) is 0.364. The molecule has 0 saturated heterocycles. The standard InChI is InChI=1S/C11H15NO4/c1-7(13)12(8(2)14)10-5-3-9(4-6-10)11(15)16/h3-8,13-14H,1-2H3,(H,15,16). The van der Waals surface area contributed by atoms with Gasteiger partial charge in [-0.25, -0.2) is 4.79 Å². The Morgan fingerprint density at radius 3 is 1.88 bits per heavy atom. The van der Waals surface area contributed by atoms with E-state index in [1.165, 1.54) is 30.9 Å². The molecule has 0 heterocycles. The topological polar surface area (TPSA) is 81.0 Å². The lowest BCUT2D eigenvalue weighted by molar-refractivity contribution is 0.0697. The van der Waals surface area contributed by atoms with Crippen molar-refractivity contribution in [3.63, 3.8) is 0 Å². The molecule has 0 fully saturated rings. The van der Waals surface area contributed by atoms with Gasteiger partial charge in [-0.2, -0.15) is 0 Å². The number of hydrogen-bond acceptors (Lipinski definition) is 4. The summed E-state index contributed by atoms with van der Waals surface area (Å²) in [6.45, 7) is 3.05. The maximum absolute atomic E-state index is 10.6. The molecule has 0 spiro atoms. The van der Waals surface area contributed by atoms with Gasteiger partial charge in [-0.1, -0.05) is 0 Å². The van der Waals surface area contributed by atoms with E-state index in [1.807, 2.05) is 0 Å². The lowest BCUT2D eigenvalue weighted by atomic mass is 10.2. The Bertz CT molecular complexity index is 351. The van der Waals surface area contributed by atoms with Crippen molar-refractivity contribution in [2.24, 2.45) is 0 Å². The molecule has 2 atom stereocenters. The van der Waals surface area contributed by atoms with E-state index in [9.17, 15) is 15.0 Å². The van der Waals surface area contributed by atoms with Crippen LogP contribution in [0.25, 0.3) is 0 Å². The van der Waals surface area contributed by atoms with E-state index in [4.69, 9.17) is 5.11 Å². The van der Waals surface area contributed by atoms with Gasteiger partial charge < -0.3 is 20.2 Å². The highest BCUT2D eigenvalue weighted by atomic mass is 16.4. The fourth-order valence-electron chi connectivity index (χ4n) is 1.52. The summed E-state index contributed by atoms with van der Waals surface area (Å²) in [5.74, 6) is -1.01. The highest BCUT2D eigenvalue weighted by molar-refractivity contribution is 5.88. The number of aliphatic hydroxyl groups excluding tert-OH is 2. The van der Waals surface area contributed by atoms with Crippen molar-refractivity contribution in [1.29, 1.82) is 0 Å². The molecule has 0 aliphatic rings. The number of aromatic carboxylic acids is 1. The number of carboxylic acid groups (broad SMARTS) is 1. The Balaban J connectivity index is 2.99. The van der Waals surface area contributed by atoms with Crippen LogP contribution in [0.1, 0.15) is 24.2 Å². The van der Waals surface area contributed by atoms with Crippen LogP contribution in [0.3, 0.4) is 0 Å². The van der Waals surface area contributed by atoms with Crippen molar-refractivity contribution in [3.05, 3.63) is 29.8 Å². The monoisotopic (exact) mass is 225 g/mol. The molecular weight excluding hydrogens is 210 g/mol. The van der Waals surface area contributed by atoms with Crippen molar-refractivity contribution in [2.75, 3.05) is 4.90 Å². The van der Waals surface area contributed by atoms with Gasteiger partial charge in [0.2, 0.25) is 0 Å². The Hall–Kier alpha value is -1.59. The summed E-state index contributed by atoms with van der Waals surface area (Å²) in [5, 5.41) is 27.6. The molecule has 0 saturated carbocycles. The number of nitrogens with zero attached hydrogens (tertiary/aromatic N) is 1. The molecule has 5 nitrogen and oxygen atoms in total. The highest BCUT2D eigenvalue weighted by Crippen LogP contribution is 2.19. The summed E-state index contributed by atoms with van der Waals surface area (Å²) in [6, 6.07) is 5.94. The lowest BCUT2D eigenvalue weighted by Gasteiger charge is -2.30. The lowest BCUT2D eigenvalue weighted by Crippen LogP contribution is -2.40. The Morgan fingerprint density at radius 2 is 1.56 bits per heavy atom. The summed E-state index contributed by atoms with van der Waals surface area (Å²) >= 11 is 0. The van der Waals surface area contributed by atoms with Crippen LogP contribution >= 0.6 is 0 Å². The van der Waals surface area contributed by atoms with Crippen LogP contribution < -0.4 is 4.90 Å². The van der Waals surface area contributed by atoms with Crippen molar-refractivity contribution in [2.45, 2.75) is 26.3 Å². The maximum Gasteiger partial charge on any atom is 0.335 e. The molecule has 3 N–H and O–H groups in total. The summed E-state index contributed by atoms with van der Waals surface area (Å²) < 4.78 is 0. The molecule has 0 aromatic heterocycles. The number of benzene rings is 1. The third-order valence-corrected chi connectivity index (χ3v) is 2.22. The summed E-state index contributed by atoms with van der Waals surface area (Å²) in [6.07, 6.45) is -1.70. The summed E-state index contributed by atoms with van der Waals surface area (Å²) in [4.78, 5) is 12.0. The molecule has 0 amide bonds. The molecule has 0 aliphatic carbocycles. The van der Waals surface area contributed by atoms with Gasteiger partial charge >= 0.3 is 5.97 Å². The van der Waals surface area contributed by atoms with Gasteiger partial charge in [0.05, 0.1) is 5.56 Å². The van der Waals surface area contributed by atoms with Gasteiger partial charge in [0.25, 0.3) is 0 Å². The predicted octanol–water partition coefficient (Wildman–Crippen LogP) is 0.868. The molecule has 88 valence electrons. The minimum atomic E-state index is -1.01. The van der Waals surface area contributed by atoms with E-state index in [-0.39, 0.29) is 5.56 Å². The average molecular weight is 225 g/mol. The zero-order valence-electron chi connectivity index (χ0n) is 9.16. The number of rotatable bonds is 4. The van der Waals surface area contributed by atoms with Crippen molar-refractivity contribution in [3.8, 4) is 0 Å². The van der Waals surface area contributed by atoms with Crippen LogP contribution in [0.4, 0.5) is 5.69 Å². The Labute approximate surface area is 93.6 Å². The normalized spacial score (nSPS) is 14.2. The number of carbonyl (C=O) groups is 1. The van der Waals surface area contributed by atoms with E-state index in [1.54, 1.807) is 12.1 Å². The van der Waals surface area contributed by atoms with Gasteiger partial charge in [-0.3, -0.25) is 0 Å². The number of anilines is 1. The Kier molecular flexibility index (Phi) is 3.87. The second-order valence-corrected chi connectivity index (χ2v) is 3.52. The largest absolute Gasteiger partial charge is 0.478 e. The zero-order valence-corrected chi connectivity index (χ0v) is 9.16. The van der Waals surface area contributed by atoms with E-state index >= 15 is 0 Å². The molecule has 1 aromatic carbocycles. The third-order valence-electron chi connectivity index (χ3n) is 2.22. The number of aliphatic hydroxyl groups is 2. The molecule has 2 unspecified atom stereocenters.